The van der Waals surface area contributed by atoms with Crippen molar-refractivity contribution >= 4 is 5.97 Å². The number of rotatable bonds is 17. The van der Waals surface area contributed by atoms with Crippen molar-refractivity contribution < 1.29 is 154 Å². The molecule has 0 saturated carbocycles. The molecule has 31 heteroatoms. The molecule has 7 heterocycles. The summed E-state index contributed by atoms with van der Waals surface area (Å²) in [5.41, 5.74) is 0. The molecule has 108 heavy (non-hydrogen) atoms. The van der Waals surface area contributed by atoms with Gasteiger partial charge in [-0.25, -0.2) is 4.79 Å². The van der Waals surface area contributed by atoms with Gasteiger partial charge in [0.25, 0.3) is 0 Å². The molecular formula is C77H132O31. The van der Waals surface area contributed by atoms with Crippen molar-refractivity contribution in [2.75, 3.05) is 0 Å². The first-order chi connectivity index (χ1) is 50.8. The fourth-order valence-corrected chi connectivity index (χ4v) is 15.6. The Morgan fingerprint density at radius 1 is 0.491 bits per heavy atom. The van der Waals surface area contributed by atoms with Crippen molar-refractivity contribution in [3.8, 4) is 0 Å². The van der Waals surface area contributed by atoms with Crippen LogP contribution < -0.4 is 0 Å². The number of cyclic esters (lactones) is 1. The fourth-order valence-electron chi connectivity index (χ4n) is 15.6. The van der Waals surface area contributed by atoms with E-state index in [0.29, 0.717) is 32.1 Å². The Hall–Kier alpha value is -2.73. The van der Waals surface area contributed by atoms with E-state index in [-0.39, 0.29) is 76.1 Å². The number of esters is 1. The number of allylic oxidation sites excluding steroid dienone is 4. The average molecular weight is 1550 g/mol. The lowest BCUT2D eigenvalue weighted by Gasteiger charge is -2.50. The van der Waals surface area contributed by atoms with Gasteiger partial charge in [-0.05, 0) is 91.9 Å². The molecule has 0 aromatic carbocycles. The lowest BCUT2D eigenvalue weighted by atomic mass is 9.79. The Morgan fingerprint density at radius 2 is 1.11 bits per heavy atom. The van der Waals surface area contributed by atoms with Crippen LogP contribution in [0.25, 0.3) is 0 Å². The molecule has 0 spiro atoms. The van der Waals surface area contributed by atoms with E-state index in [2.05, 4.69) is 0 Å². The van der Waals surface area contributed by atoms with Crippen LogP contribution in [0.5, 0.6) is 0 Å². The van der Waals surface area contributed by atoms with E-state index in [1.807, 2.05) is 27.7 Å². The summed E-state index contributed by atoms with van der Waals surface area (Å²) in [6.07, 6.45) is -28.8. The average Bonchev–Trinajstić information content (AvgIpc) is 0.772. The molecule has 6 saturated heterocycles. The van der Waals surface area contributed by atoms with Crippen LogP contribution >= 0.6 is 0 Å². The maximum atomic E-state index is 13.6. The summed E-state index contributed by atoms with van der Waals surface area (Å²) in [4.78, 5) is 13.6. The third kappa shape index (κ3) is 25.4. The van der Waals surface area contributed by atoms with Crippen LogP contribution in [0, 0.1) is 35.5 Å². The minimum atomic E-state index is -2.72. The second kappa shape index (κ2) is 42.8. The van der Waals surface area contributed by atoms with E-state index in [9.17, 15) is 96.7 Å². The second-order valence-electron chi connectivity index (χ2n) is 32.0. The van der Waals surface area contributed by atoms with Crippen LogP contribution in [-0.2, 0) is 61.6 Å². The minimum Gasteiger partial charge on any atom is -0.458 e. The minimum absolute atomic E-state index is 0.00606. The SMILES string of the molecule is CC[C@H](O[C@H]1CC[C@H](O[C@H]2CC[C@H](O)[C@@H](C)O2)[C@@H](C)O1)[C@H](C)[C@H](O)[C@@H](C)[C@H](O)[C@H](C)[C@@H]1C/C=C/C=C/[C@@H](O)C[C@H](O)[C@@H](C)[C@@H](O)C[C@H](O)[C@@H](C)[C@@H]2C[C@H](O)[C@@H](O)[C@](O)(C[C@@H](O[C@@H]3O[C@H](C)[C@@H](O)[C@H](O[C@H]4C[C@@H](O)[C@H](O)[C@@H](C)O4)[C@H]3O[C@@H]3O[C@H](C)[C@@H](O)[C@H](O)[C@H]3O)[C@H](C)CC[C@H](O)C[C@H](O)C/C=C/C=C/C(=O)O1)O2. The summed E-state index contributed by atoms with van der Waals surface area (Å²) in [5.74, 6) is -8.32. The standard InChI is InChI=1S/C77H132O31/c1-13-56(103-63-29-27-58(43(9)98-63)104-62-28-26-50(81)42(8)97-62)39(5)65(88)41(7)66(89)40(6)57-22-18-14-16-21-48(79)31-51(82)37(3)52(83)32-53(84)38(4)59-33-55(86)74(95)77(96,108-59)35-60(36(2)24-25-49(80)30-47(78)20-17-15-19-23-61(87)102-57)105-76-73(107-75-71(94)70(93)68(91)45(11)100-75)72(69(92)46(12)101-76)106-64-34-54(85)67(90)44(10)99-64/h14-19,21,23,36-60,62-76,78-86,88-96H,13,20,22,24-35H2,1-12H3/b17-15+,18-14+,21-16+,23-19+/t36-,37-,38-,39+,40-,41-,42-,43-,44-,45-,46-,47-,48-,49+,50+,51+,52+,53+,54-,55+,56+,57+,58+,59+,60-,62+,63+,64+,65+,66-,67-,68-,69-,70+,71-,72+,73-,74-,75+,76+,77+/m1/s1. The predicted molar refractivity (Wildman–Crippen MR) is 384 cm³/mol. The number of fused-ring (bicyclic) bond motifs is 2. The number of hydrogen-bond donors (Lipinski definition) is 18. The molecule has 18 N–H and O–H groups in total. The molecule has 0 aliphatic carbocycles. The summed E-state index contributed by atoms with van der Waals surface area (Å²) in [6.45, 7) is 20.0. The van der Waals surface area contributed by atoms with Crippen LogP contribution in [0.3, 0.4) is 0 Å². The number of carbonyl (C=O) groups is 1. The van der Waals surface area contributed by atoms with Crippen LogP contribution in [0.2, 0.25) is 0 Å². The molecule has 0 aromatic rings. The summed E-state index contributed by atoms with van der Waals surface area (Å²) in [5, 5.41) is 205. The van der Waals surface area contributed by atoms with E-state index in [1.165, 1.54) is 58.9 Å². The number of aliphatic hydroxyl groups is 18. The van der Waals surface area contributed by atoms with Crippen LogP contribution in [0.15, 0.2) is 48.6 Å². The van der Waals surface area contributed by atoms with Gasteiger partial charge in [-0.15, -0.1) is 0 Å². The Kier molecular flexibility index (Phi) is 36.6. The van der Waals surface area contributed by atoms with Gasteiger partial charge in [0, 0.05) is 80.6 Å². The smallest absolute Gasteiger partial charge is 0.331 e. The highest BCUT2D eigenvalue weighted by Crippen LogP contribution is 2.42. The molecule has 0 radical (unpaired) electrons. The maximum absolute atomic E-state index is 13.6. The quantitative estimate of drug-likeness (QED) is 0.0891. The lowest BCUT2D eigenvalue weighted by molar-refractivity contribution is -0.390. The van der Waals surface area contributed by atoms with Crippen LogP contribution in [-0.4, -0.2) is 312 Å². The lowest BCUT2D eigenvalue weighted by Crippen LogP contribution is -2.65. The first kappa shape index (κ1) is 92.4. The number of ether oxygens (including phenoxy) is 12. The van der Waals surface area contributed by atoms with Crippen molar-refractivity contribution in [1.82, 2.24) is 0 Å². The second-order valence-corrected chi connectivity index (χ2v) is 32.0. The zero-order chi connectivity index (χ0) is 79.9. The summed E-state index contributed by atoms with van der Waals surface area (Å²) >= 11 is 0. The van der Waals surface area contributed by atoms with Crippen molar-refractivity contribution in [3.63, 3.8) is 0 Å². The van der Waals surface area contributed by atoms with E-state index in [1.54, 1.807) is 39.0 Å². The molecular weight excluding hydrogens is 1420 g/mol. The predicted octanol–water partition coefficient (Wildman–Crippen LogP) is 0.697. The molecule has 31 nitrogen and oxygen atoms in total. The molecule has 0 amide bonds. The Morgan fingerprint density at radius 3 is 1.79 bits per heavy atom. The molecule has 7 aliphatic rings. The largest absolute Gasteiger partial charge is 0.458 e. The van der Waals surface area contributed by atoms with Gasteiger partial charge in [0.15, 0.2) is 37.2 Å². The monoisotopic (exact) mass is 1550 g/mol. The van der Waals surface area contributed by atoms with Gasteiger partial charge in [0.1, 0.15) is 54.9 Å². The van der Waals surface area contributed by atoms with Crippen molar-refractivity contribution in [2.24, 2.45) is 35.5 Å². The van der Waals surface area contributed by atoms with Gasteiger partial charge in [-0.3, -0.25) is 0 Å². The fraction of sp³-hybridized carbons (Fsp3) is 0.883. The van der Waals surface area contributed by atoms with Crippen LogP contribution in [0.1, 0.15) is 179 Å². The van der Waals surface area contributed by atoms with Crippen LogP contribution in [0.4, 0.5) is 0 Å². The normalized spacial score (nSPS) is 47.6. The van der Waals surface area contributed by atoms with E-state index in [4.69, 9.17) is 56.8 Å². The van der Waals surface area contributed by atoms with Gasteiger partial charge in [-0.1, -0.05) is 91.0 Å². The molecule has 7 aliphatic heterocycles. The molecule has 2 bridgehead atoms. The van der Waals surface area contributed by atoms with E-state index >= 15 is 0 Å². The highest BCUT2D eigenvalue weighted by molar-refractivity contribution is 5.82. The Labute approximate surface area is 634 Å². The topological polar surface area (TPSA) is 492 Å². The Balaban J connectivity index is 1.09. The molecule has 6 fully saturated rings. The van der Waals surface area contributed by atoms with Gasteiger partial charge in [-0.2, -0.15) is 0 Å². The highest BCUT2D eigenvalue weighted by Gasteiger charge is 2.56. The zero-order valence-corrected chi connectivity index (χ0v) is 64.7. The van der Waals surface area contributed by atoms with Crippen molar-refractivity contribution in [3.05, 3.63) is 48.6 Å². The first-order valence-corrected chi connectivity index (χ1v) is 39.2. The first-order valence-electron chi connectivity index (χ1n) is 39.2. The molecule has 41 atom stereocenters. The Bertz CT molecular complexity index is 2740. The van der Waals surface area contributed by atoms with Crippen molar-refractivity contribution in [1.29, 1.82) is 0 Å². The zero-order valence-electron chi connectivity index (χ0n) is 64.7. The molecule has 7 rings (SSSR count). The number of hydrogen-bond acceptors (Lipinski definition) is 31. The molecule has 0 unspecified atom stereocenters. The third-order valence-electron chi connectivity index (χ3n) is 23.5. The summed E-state index contributed by atoms with van der Waals surface area (Å²) < 4.78 is 74.7. The van der Waals surface area contributed by atoms with E-state index in [0.717, 1.165) is 6.08 Å². The van der Waals surface area contributed by atoms with Crippen molar-refractivity contribution in [2.45, 2.75) is 394 Å². The maximum Gasteiger partial charge on any atom is 0.331 e. The van der Waals surface area contributed by atoms with Gasteiger partial charge < -0.3 is 149 Å². The third-order valence-corrected chi connectivity index (χ3v) is 23.5. The van der Waals surface area contributed by atoms with E-state index < -0.39 is 244 Å². The van der Waals surface area contributed by atoms with Gasteiger partial charge in [0.05, 0.1) is 122 Å². The summed E-state index contributed by atoms with van der Waals surface area (Å²) in [6, 6.07) is 0. The molecule has 626 valence electrons. The van der Waals surface area contributed by atoms with Gasteiger partial charge >= 0.3 is 5.97 Å². The highest BCUT2D eigenvalue weighted by atomic mass is 16.8. The molecule has 0 aromatic heterocycles. The van der Waals surface area contributed by atoms with Gasteiger partial charge in [0.2, 0.25) is 0 Å². The number of aliphatic hydroxyl groups excluding tert-OH is 17. The number of carbonyl (C=O) groups excluding carboxylic acids is 1. The summed E-state index contributed by atoms with van der Waals surface area (Å²) in [7, 11) is 0.